The van der Waals surface area contributed by atoms with E-state index in [0.29, 0.717) is 11.5 Å². The van der Waals surface area contributed by atoms with E-state index in [-0.39, 0.29) is 0 Å². The fraction of sp³-hybridized carbons (Fsp3) is 0.647. The van der Waals surface area contributed by atoms with Crippen LogP contribution in [0.1, 0.15) is 39.7 Å². The van der Waals surface area contributed by atoms with E-state index in [0.717, 1.165) is 24.1 Å². The van der Waals surface area contributed by atoms with Crippen LogP contribution in [-0.2, 0) is 6.54 Å². The van der Waals surface area contributed by atoms with Crippen LogP contribution in [0.3, 0.4) is 0 Å². The molecular formula is C17H29BrN2. The van der Waals surface area contributed by atoms with Crippen molar-refractivity contribution in [2.45, 2.75) is 46.7 Å². The highest BCUT2D eigenvalue weighted by Crippen LogP contribution is 2.22. The van der Waals surface area contributed by atoms with Gasteiger partial charge in [0, 0.05) is 30.1 Å². The van der Waals surface area contributed by atoms with Crippen LogP contribution >= 0.6 is 15.9 Å². The first-order valence-corrected chi connectivity index (χ1v) is 8.30. The van der Waals surface area contributed by atoms with Gasteiger partial charge in [-0.2, -0.15) is 0 Å². The Morgan fingerprint density at radius 2 is 1.85 bits per heavy atom. The summed E-state index contributed by atoms with van der Waals surface area (Å²) in [4.78, 5) is 2.43. The molecule has 0 fully saturated rings. The Balaban J connectivity index is 2.53. The second kappa shape index (κ2) is 8.16. The van der Waals surface area contributed by atoms with Crippen LogP contribution in [-0.4, -0.2) is 31.1 Å². The smallest absolute Gasteiger partial charge is 0.0230 e. The van der Waals surface area contributed by atoms with E-state index >= 15 is 0 Å². The lowest BCUT2D eigenvalue weighted by Crippen LogP contribution is -2.42. The maximum atomic E-state index is 3.58. The summed E-state index contributed by atoms with van der Waals surface area (Å²) in [5.41, 5.74) is 1.69. The predicted molar refractivity (Wildman–Crippen MR) is 92.0 cm³/mol. The van der Waals surface area contributed by atoms with Crippen LogP contribution in [0.5, 0.6) is 0 Å². The molecule has 0 saturated heterocycles. The molecule has 0 saturated carbocycles. The molecule has 0 heterocycles. The third kappa shape index (κ3) is 6.38. The van der Waals surface area contributed by atoms with Crippen molar-refractivity contribution in [2.24, 2.45) is 5.41 Å². The number of hydrogen-bond acceptors (Lipinski definition) is 2. The first-order chi connectivity index (χ1) is 9.34. The molecule has 1 N–H and O–H groups in total. The van der Waals surface area contributed by atoms with Gasteiger partial charge in [-0.1, -0.05) is 55.8 Å². The van der Waals surface area contributed by atoms with Crippen molar-refractivity contribution in [3.8, 4) is 0 Å². The van der Waals surface area contributed by atoms with Gasteiger partial charge < -0.3 is 10.2 Å². The third-order valence-electron chi connectivity index (χ3n) is 3.81. The Morgan fingerprint density at radius 3 is 2.35 bits per heavy atom. The first kappa shape index (κ1) is 17.7. The van der Waals surface area contributed by atoms with Crippen molar-refractivity contribution in [1.82, 2.24) is 10.2 Å². The molecule has 1 atom stereocenters. The summed E-state index contributed by atoms with van der Waals surface area (Å²) in [6.07, 6.45) is 1.19. The molecule has 1 aromatic rings. The molecule has 0 bridgehead atoms. The SMILES string of the molecule is CCC(C)(CNC(C)C)CN(C)Cc1ccc(Br)cc1. The Morgan fingerprint density at radius 1 is 1.25 bits per heavy atom. The Labute approximate surface area is 133 Å². The zero-order valence-corrected chi connectivity index (χ0v) is 15.1. The minimum absolute atomic E-state index is 0.328. The van der Waals surface area contributed by atoms with Crippen molar-refractivity contribution >= 4 is 15.9 Å². The quantitative estimate of drug-likeness (QED) is 0.759. The highest BCUT2D eigenvalue weighted by molar-refractivity contribution is 9.10. The van der Waals surface area contributed by atoms with Crippen molar-refractivity contribution < 1.29 is 0 Å². The number of nitrogens with one attached hydrogen (secondary N) is 1. The molecule has 0 aromatic heterocycles. The molecule has 20 heavy (non-hydrogen) atoms. The zero-order chi connectivity index (χ0) is 15.2. The van der Waals surface area contributed by atoms with Gasteiger partial charge in [0.2, 0.25) is 0 Å². The largest absolute Gasteiger partial charge is 0.314 e. The van der Waals surface area contributed by atoms with Crippen LogP contribution in [0, 0.1) is 5.41 Å². The summed E-state index contributed by atoms with van der Waals surface area (Å²) in [5, 5.41) is 3.58. The van der Waals surface area contributed by atoms with Gasteiger partial charge in [0.15, 0.2) is 0 Å². The van der Waals surface area contributed by atoms with Crippen LogP contribution in [0.25, 0.3) is 0 Å². The van der Waals surface area contributed by atoms with Crippen molar-refractivity contribution in [1.29, 1.82) is 0 Å². The highest BCUT2D eigenvalue weighted by atomic mass is 79.9. The van der Waals surface area contributed by atoms with E-state index in [4.69, 9.17) is 0 Å². The van der Waals surface area contributed by atoms with E-state index in [2.05, 4.69) is 85.2 Å². The highest BCUT2D eigenvalue weighted by Gasteiger charge is 2.24. The van der Waals surface area contributed by atoms with Gasteiger partial charge >= 0.3 is 0 Å². The zero-order valence-electron chi connectivity index (χ0n) is 13.5. The Hall–Kier alpha value is -0.380. The van der Waals surface area contributed by atoms with E-state index in [1.165, 1.54) is 12.0 Å². The van der Waals surface area contributed by atoms with Crippen LogP contribution in [0.2, 0.25) is 0 Å². The number of hydrogen-bond donors (Lipinski definition) is 1. The normalized spacial score (nSPS) is 14.8. The monoisotopic (exact) mass is 340 g/mol. The second-order valence-corrected chi connectivity index (χ2v) is 7.41. The third-order valence-corrected chi connectivity index (χ3v) is 4.34. The number of rotatable bonds is 8. The van der Waals surface area contributed by atoms with E-state index in [1.807, 2.05) is 0 Å². The van der Waals surface area contributed by atoms with Gasteiger partial charge in [-0.3, -0.25) is 0 Å². The summed E-state index contributed by atoms with van der Waals surface area (Å²) >= 11 is 3.48. The topological polar surface area (TPSA) is 15.3 Å². The fourth-order valence-electron chi connectivity index (χ4n) is 2.35. The molecule has 0 radical (unpaired) electrons. The van der Waals surface area contributed by atoms with E-state index in [9.17, 15) is 0 Å². The maximum Gasteiger partial charge on any atom is 0.0230 e. The molecule has 1 aromatic carbocycles. The minimum atomic E-state index is 0.328. The second-order valence-electron chi connectivity index (χ2n) is 6.50. The molecule has 1 unspecified atom stereocenters. The maximum absolute atomic E-state index is 3.58. The summed E-state index contributed by atoms with van der Waals surface area (Å²) in [5.74, 6) is 0. The fourth-order valence-corrected chi connectivity index (χ4v) is 2.62. The lowest BCUT2D eigenvalue weighted by molar-refractivity contribution is 0.172. The standard InChI is InChI=1S/C17H29BrN2/c1-6-17(4,12-19-14(2)3)13-20(5)11-15-7-9-16(18)10-8-15/h7-10,14,19H,6,11-13H2,1-5H3. The summed E-state index contributed by atoms with van der Waals surface area (Å²) in [6.45, 7) is 12.3. The molecule has 0 aliphatic carbocycles. The lowest BCUT2D eigenvalue weighted by Gasteiger charge is -2.34. The number of halogens is 1. The average molecular weight is 341 g/mol. The summed E-state index contributed by atoms with van der Waals surface area (Å²) in [7, 11) is 2.21. The van der Waals surface area contributed by atoms with E-state index < -0.39 is 0 Å². The van der Waals surface area contributed by atoms with Crippen molar-refractivity contribution in [2.75, 3.05) is 20.1 Å². The molecule has 0 aliphatic rings. The molecule has 1 rings (SSSR count). The summed E-state index contributed by atoms with van der Waals surface area (Å²) < 4.78 is 1.14. The minimum Gasteiger partial charge on any atom is -0.314 e. The van der Waals surface area contributed by atoms with Crippen LogP contribution in [0.4, 0.5) is 0 Å². The molecule has 2 nitrogen and oxygen atoms in total. The van der Waals surface area contributed by atoms with Crippen molar-refractivity contribution in [3.05, 3.63) is 34.3 Å². The van der Waals surface area contributed by atoms with Crippen molar-refractivity contribution in [3.63, 3.8) is 0 Å². The van der Waals surface area contributed by atoms with Gasteiger partial charge in [0.05, 0.1) is 0 Å². The molecule has 0 aliphatic heterocycles. The summed E-state index contributed by atoms with van der Waals surface area (Å²) in [6, 6.07) is 9.16. The van der Waals surface area contributed by atoms with Gasteiger partial charge in [-0.05, 0) is 36.6 Å². The van der Waals surface area contributed by atoms with Gasteiger partial charge in [0.1, 0.15) is 0 Å². The molecule has 0 spiro atoms. The van der Waals surface area contributed by atoms with Gasteiger partial charge in [0.25, 0.3) is 0 Å². The van der Waals surface area contributed by atoms with Gasteiger partial charge in [-0.15, -0.1) is 0 Å². The van der Waals surface area contributed by atoms with E-state index in [1.54, 1.807) is 0 Å². The first-order valence-electron chi connectivity index (χ1n) is 7.51. The molecule has 114 valence electrons. The van der Waals surface area contributed by atoms with Gasteiger partial charge in [-0.25, -0.2) is 0 Å². The Bertz CT molecular complexity index is 388. The Kier molecular flexibility index (Phi) is 7.21. The molecule has 3 heteroatoms. The predicted octanol–water partition coefficient (Wildman–Crippen LogP) is 4.30. The lowest BCUT2D eigenvalue weighted by atomic mass is 9.86. The average Bonchev–Trinajstić information content (AvgIpc) is 2.39. The number of nitrogens with zero attached hydrogens (tertiary/aromatic N) is 1. The van der Waals surface area contributed by atoms with Crippen LogP contribution < -0.4 is 5.32 Å². The van der Waals surface area contributed by atoms with Crippen LogP contribution in [0.15, 0.2) is 28.7 Å². The molecular weight excluding hydrogens is 312 g/mol. The number of benzene rings is 1. The molecule has 0 amide bonds.